The van der Waals surface area contributed by atoms with Crippen molar-refractivity contribution in [2.24, 2.45) is 18.9 Å². The second-order valence-corrected chi connectivity index (χ2v) is 12.1. The van der Waals surface area contributed by atoms with Crippen LogP contribution in [0.25, 0.3) is 22.2 Å². The lowest BCUT2D eigenvalue weighted by atomic mass is 9.85. The van der Waals surface area contributed by atoms with Crippen molar-refractivity contribution in [3.63, 3.8) is 0 Å². The molecule has 1 atom stereocenters. The fraction of sp³-hybridized carbons (Fsp3) is 0.464. The molecular weight excluding hydrogens is 490 g/mol. The Kier molecular flexibility index (Phi) is 7.29. The number of aromatic nitrogens is 1. The standard InChI is InChI=1S/C28H35N3O5S/c1-31-26(19-7-12-23(36-2)13-8-19)15-21-9-14-24(16-27(21)31)37(34,35)30-22-10-5-20(6-11-22)28(33)29-25(17-32)18-3-4-18/h7-9,12-16,18,20,22,25,30,32H,3-6,10-11,17H2,1-2H3,(H,29,33)/t20-,22-,25-/m0/s1. The lowest BCUT2D eigenvalue weighted by Crippen LogP contribution is -2.45. The number of fused-ring (bicyclic) bond motifs is 1. The second-order valence-electron chi connectivity index (χ2n) is 10.3. The molecule has 2 fully saturated rings. The van der Waals surface area contributed by atoms with Gasteiger partial charge in [-0.25, -0.2) is 13.1 Å². The minimum absolute atomic E-state index is 0.0194. The van der Waals surface area contributed by atoms with Crippen LogP contribution in [0.5, 0.6) is 5.75 Å². The van der Waals surface area contributed by atoms with E-state index in [1.807, 2.05) is 41.9 Å². The number of hydrogen-bond donors (Lipinski definition) is 3. The van der Waals surface area contributed by atoms with Crippen molar-refractivity contribution in [3.8, 4) is 17.0 Å². The Balaban J connectivity index is 1.25. The zero-order chi connectivity index (χ0) is 26.2. The van der Waals surface area contributed by atoms with Gasteiger partial charge in [0.1, 0.15) is 5.75 Å². The fourth-order valence-electron chi connectivity index (χ4n) is 5.39. The van der Waals surface area contributed by atoms with E-state index in [9.17, 15) is 18.3 Å². The number of aliphatic hydroxyl groups excluding tert-OH is 1. The summed E-state index contributed by atoms with van der Waals surface area (Å²) < 4.78 is 36.6. The van der Waals surface area contributed by atoms with Gasteiger partial charge in [-0.3, -0.25) is 4.79 Å². The average Bonchev–Trinajstić information content (AvgIpc) is 3.70. The molecule has 1 heterocycles. The number of carbonyl (C=O) groups excluding carboxylic acids is 1. The molecule has 0 radical (unpaired) electrons. The topological polar surface area (TPSA) is 110 Å². The highest BCUT2D eigenvalue weighted by Gasteiger charge is 2.35. The van der Waals surface area contributed by atoms with Gasteiger partial charge in [0.25, 0.3) is 0 Å². The van der Waals surface area contributed by atoms with Gasteiger partial charge >= 0.3 is 0 Å². The first-order chi connectivity index (χ1) is 17.8. The Morgan fingerprint density at radius 1 is 1.05 bits per heavy atom. The number of sulfonamides is 1. The highest BCUT2D eigenvalue weighted by Crippen LogP contribution is 2.34. The van der Waals surface area contributed by atoms with Crippen molar-refractivity contribution in [2.75, 3.05) is 13.7 Å². The fourth-order valence-corrected chi connectivity index (χ4v) is 6.71. The molecule has 37 heavy (non-hydrogen) atoms. The van der Waals surface area contributed by atoms with E-state index >= 15 is 0 Å². The third kappa shape index (κ3) is 5.54. The van der Waals surface area contributed by atoms with Crippen LogP contribution in [-0.4, -0.2) is 49.8 Å². The Bertz CT molecular complexity index is 1370. The molecule has 3 N–H and O–H groups in total. The molecule has 2 aliphatic carbocycles. The summed E-state index contributed by atoms with van der Waals surface area (Å²) in [7, 11) is -0.144. The van der Waals surface area contributed by atoms with Crippen LogP contribution in [0.1, 0.15) is 38.5 Å². The summed E-state index contributed by atoms with van der Waals surface area (Å²) in [5.74, 6) is 1.02. The third-order valence-corrected chi connectivity index (χ3v) is 9.37. The molecular formula is C28H35N3O5S. The van der Waals surface area contributed by atoms with E-state index in [2.05, 4.69) is 16.1 Å². The number of hydrogen-bond acceptors (Lipinski definition) is 5. The minimum atomic E-state index is -3.71. The van der Waals surface area contributed by atoms with Gasteiger partial charge in [-0.15, -0.1) is 0 Å². The summed E-state index contributed by atoms with van der Waals surface area (Å²) in [6.45, 7) is -0.0291. The zero-order valence-electron chi connectivity index (χ0n) is 21.3. The molecule has 8 nitrogen and oxygen atoms in total. The van der Waals surface area contributed by atoms with Gasteiger partial charge in [-0.1, -0.05) is 6.07 Å². The SMILES string of the molecule is COc1ccc(-c2cc3ccc(S(=O)(=O)N[C@H]4CC[C@H](C(=O)N[C@@H](CO)C5CC5)CC4)cc3n2C)cc1. The quantitative estimate of drug-likeness (QED) is 0.396. The van der Waals surface area contributed by atoms with Gasteiger partial charge in [0.2, 0.25) is 15.9 Å². The van der Waals surface area contributed by atoms with E-state index in [1.165, 1.54) is 0 Å². The molecule has 9 heteroatoms. The Labute approximate surface area is 218 Å². The summed E-state index contributed by atoms with van der Waals surface area (Å²) in [5.41, 5.74) is 2.84. The molecule has 1 amide bonds. The van der Waals surface area contributed by atoms with Crippen LogP contribution in [0.15, 0.2) is 53.4 Å². The van der Waals surface area contributed by atoms with Gasteiger partial charge in [0.05, 0.1) is 24.7 Å². The van der Waals surface area contributed by atoms with Crippen molar-refractivity contribution >= 4 is 26.8 Å². The molecule has 0 bridgehead atoms. The number of nitrogens with zero attached hydrogens (tertiary/aromatic N) is 1. The molecule has 2 aliphatic rings. The molecule has 0 unspecified atom stereocenters. The number of benzene rings is 2. The maximum atomic E-state index is 13.2. The predicted molar refractivity (Wildman–Crippen MR) is 143 cm³/mol. The Hall–Kier alpha value is -2.88. The minimum Gasteiger partial charge on any atom is -0.497 e. The summed E-state index contributed by atoms with van der Waals surface area (Å²) in [4.78, 5) is 12.9. The number of carbonyl (C=O) groups is 1. The normalized spacial score (nSPS) is 21.1. The van der Waals surface area contributed by atoms with Crippen LogP contribution in [0, 0.1) is 11.8 Å². The first-order valence-electron chi connectivity index (χ1n) is 13.0. The van der Waals surface area contributed by atoms with E-state index in [-0.39, 0.29) is 35.4 Å². The van der Waals surface area contributed by atoms with Crippen molar-refractivity contribution in [3.05, 3.63) is 48.5 Å². The van der Waals surface area contributed by atoms with E-state index in [1.54, 1.807) is 19.2 Å². The Morgan fingerprint density at radius 3 is 2.38 bits per heavy atom. The van der Waals surface area contributed by atoms with E-state index in [0.717, 1.165) is 40.8 Å². The molecule has 1 aromatic heterocycles. The summed E-state index contributed by atoms with van der Waals surface area (Å²) in [6.07, 6.45) is 4.58. The van der Waals surface area contributed by atoms with Crippen molar-refractivity contribution in [1.82, 2.24) is 14.6 Å². The van der Waals surface area contributed by atoms with Crippen molar-refractivity contribution < 1.29 is 23.1 Å². The molecule has 2 aromatic carbocycles. The highest BCUT2D eigenvalue weighted by molar-refractivity contribution is 7.89. The second kappa shape index (κ2) is 10.5. The van der Waals surface area contributed by atoms with E-state index in [4.69, 9.17) is 4.74 Å². The van der Waals surface area contributed by atoms with Gasteiger partial charge in [-0.05, 0) is 92.5 Å². The molecule has 5 rings (SSSR count). The summed E-state index contributed by atoms with van der Waals surface area (Å²) in [6, 6.07) is 14.7. The van der Waals surface area contributed by atoms with Crippen molar-refractivity contribution in [1.29, 1.82) is 0 Å². The van der Waals surface area contributed by atoms with Gasteiger partial charge in [-0.2, -0.15) is 0 Å². The maximum Gasteiger partial charge on any atom is 0.240 e. The first kappa shape index (κ1) is 25.8. The number of aliphatic hydroxyl groups is 1. The lowest BCUT2D eigenvalue weighted by Gasteiger charge is -2.29. The van der Waals surface area contributed by atoms with Gasteiger partial charge < -0.3 is 19.7 Å². The highest BCUT2D eigenvalue weighted by atomic mass is 32.2. The number of ether oxygens (including phenoxy) is 1. The molecule has 0 spiro atoms. The van der Waals surface area contributed by atoms with Crippen LogP contribution < -0.4 is 14.8 Å². The molecule has 0 aliphatic heterocycles. The summed E-state index contributed by atoms with van der Waals surface area (Å²) >= 11 is 0. The Morgan fingerprint density at radius 2 is 1.76 bits per heavy atom. The van der Waals surface area contributed by atoms with Gasteiger partial charge in [0, 0.05) is 35.6 Å². The number of rotatable bonds is 9. The molecule has 0 saturated heterocycles. The first-order valence-corrected chi connectivity index (χ1v) is 14.4. The maximum absolute atomic E-state index is 13.2. The third-order valence-electron chi connectivity index (χ3n) is 7.85. The monoisotopic (exact) mass is 525 g/mol. The molecule has 2 saturated carbocycles. The van der Waals surface area contributed by atoms with E-state index in [0.29, 0.717) is 31.6 Å². The number of methoxy groups -OCH3 is 1. The van der Waals surface area contributed by atoms with Crippen LogP contribution >= 0.6 is 0 Å². The number of aryl methyl sites for hydroxylation is 1. The van der Waals surface area contributed by atoms with Crippen LogP contribution in [-0.2, 0) is 21.9 Å². The number of amides is 1. The zero-order valence-corrected chi connectivity index (χ0v) is 22.1. The van der Waals surface area contributed by atoms with Crippen molar-refractivity contribution in [2.45, 2.75) is 55.5 Å². The van der Waals surface area contributed by atoms with Crippen LogP contribution in [0.3, 0.4) is 0 Å². The predicted octanol–water partition coefficient (Wildman–Crippen LogP) is 3.58. The van der Waals surface area contributed by atoms with Gasteiger partial charge in [0.15, 0.2) is 0 Å². The van der Waals surface area contributed by atoms with Crippen LogP contribution in [0.4, 0.5) is 0 Å². The largest absolute Gasteiger partial charge is 0.497 e. The van der Waals surface area contributed by atoms with Crippen LogP contribution in [0.2, 0.25) is 0 Å². The molecule has 3 aromatic rings. The smallest absolute Gasteiger partial charge is 0.240 e. The average molecular weight is 526 g/mol. The van der Waals surface area contributed by atoms with E-state index < -0.39 is 10.0 Å². The molecule has 198 valence electrons. The number of nitrogens with one attached hydrogen (secondary N) is 2. The summed E-state index contributed by atoms with van der Waals surface area (Å²) in [5, 5.41) is 13.5. The lowest BCUT2D eigenvalue weighted by molar-refractivity contribution is -0.127.